The fourth-order valence-corrected chi connectivity index (χ4v) is 7.73. The lowest BCUT2D eigenvalue weighted by Crippen LogP contribution is -2.59. The van der Waals surface area contributed by atoms with E-state index in [4.69, 9.17) is 13.7 Å². The third kappa shape index (κ3) is 7.80. The van der Waals surface area contributed by atoms with E-state index < -0.39 is 76.3 Å². The largest absolute Gasteiger partial charge is 0.508 e. The molecule has 15 heteroatoms. The van der Waals surface area contributed by atoms with Crippen LogP contribution in [0.5, 0.6) is 11.5 Å². The van der Waals surface area contributed by atoms with Crippen LogP contribution in [-0.4, -0.2) is 83.4 Å². The number of carbonyl (C=O) groups is 1. The second-order valence-electron chi connectivity index (χ2n) is 12.7. The van der Waals surface area contributed by atoms with Gasteiger partial charge in [-0.1, -0.05) is 36.4 Å². The molecule has 52 heavy (non-hydrogen) atoms. The van der Waals surface area contributed by atoms with Crippen molar-refractivity contribution < 1.29 is 61.2 Å². The van der Waals surface area contributed by atoms with E-state index in [9.17, 15) is 47.5 Å². The summed E-state index contributed by atoms with van der Waals surface area (Å²) in [5.41, 5.74) is 2.06. The Hall–Kier alpha value is -4.48. The molecule has 4 aromatic carbocycles. The minimum atomic E-state index is -4.67. The van der Waals surface area contributed by atoms with Gasteiger partial charge in [0.2, 0.25) is 5.91 Å². The van der Waals surface area contributed by atoms with Crippen molar-refractivity contribution in [1.29, 1.82) is 0 Å². The first kappa shape index (κ1) is 37.3. The van der Waals surface area contributed by atoms with E-state index in [1.165, 1.54) is 78.7 Å². The summed E-state index contributed by atoms with van der Waals surface area (Å²) in [4.78, 5) is 15.1. The molecule has 1 unspecified atom stereocenters. The number of aliphatic hydroxyl groups excluding tert-OH is 4. The van der Waals surface area contributed by atoms with Gasteiger partial charge in [0.25, 0.3) is 0 Å². The molecule has 12 nitrogen and oxygen atoms in total. The quantitative estimate of drug-likeness (QED) is 0.105. The maximum atomic E-state index is 13.9. The topological polar surface area (TPSA) is 183 Å². The van der Waals surface area contributed by atoms with Crippen molar-refractivity contribution in [3.05, 3.63) is 114 Å². The molecule has 1 amide bonds. The van der Waals surface area contributed by atoms with Gasteiger partial charge in [0.15, 0.2) is 6.29 Å². The number of rotatable bonds is 12. The number of halogens is 2. The van der Waals surface area contributed by atoms with E-state index in [0.717, 1.165) is 0 Å². The molecule has 0 radical (unpaired) electrons. The number of carbonyl (C=O) groups excluding carboxylic acids is 1. The van der Waals surface area contributed by atoms with Crippen molar-refractivity contribution in [2.75, 3.05) is 17.8 Å². The number of methoxy groups -OCH3 is 1. The fraction of sp³-hybridized carbons (Fsp3) is 0.324. The summed E-state index contributed by atoms with van der Waals surface area (Å²) in [7, 11) is -3.50. The molecule has 0 bridgehead atoms. The van der Waals surface area contributed by atoms with Gasteiger partial charge in [0.05, 0.1) is 18.1 Å². The highest BCUT2D eigenvalue weighted by molar-refractivity contribution is 7.87. The Kier molecular flexibility index (Phi) is 10.9. The number of benzene rings is 4. The highest BCUT2D eigenvalue weighted by Gasteiger charge is 2.50. The molecule has 0 aromatic heterocycles. The Morgan fingerprint density at radius 2 is 1.46 bits per heavy atom. The molecule has 2 aliphatic heterocycles. The van der Waals surface area contributed by atoms with Crippen LogP contribution < -0.4 is 9.08 Å². The Morgan fingerprint density at radius 1 is 0.846 bits per heavy atom. The highest BCUT2D eigenvalue weighted by Crippen LogP contribution is 2.49. The minimum absolute atomic E-state index is 0.000664. The SMILES string of the molecule is CO[C@@H]1OC(CS(=O)(=O)Oc2cc(-c3ccc(O)cc3)ccc2[C@@H]2[C@@H](CC[C@H](O)c3ccc(F)cc3)C(=O)N2c2ccc(F)cc2)[C@H](O)[C@@H](O)[C@@H]1O. The zero-order valence-electron chi connectivity index (χ0n) is 27.7. The van der Waals surface area contributed by atoms with Crippen molar-refractivity contribution >= 4 is 21.7 Å². The van der Waals surface area contributed by atoms with Gasteiger partial charge in [-0.25, -0.2) is 8.78 Å². The monoisotopic (exact) mass is 741 g/mol. The van der Waals surface area contributed by atoms with Gasteiger partial charge >= 0.3 is 10.1 Å². The molecule has 0 aliphatic carbocycles. The number of aromatic hydroxyl groups is 1. The summed E-state index contributed by atoms with van der Waals surface area (Å²) < 4.78 is 71.0. The number of aliphatic hydroxyl groups is 4. The van der Waals surface area contributed by atoms with Gasteiger partial charge in [-0.3, -0.25) is 4.79 Å². The minimum Gasteiger partial charge on any atom is -0.508 e. The number of ether oxygens (including phenoxy) is 2. The number of β-lactam (4-membered cyclic amide) rings is 1. The molecule has 0 spiro atoms. The average molecular weight is 742 g/mol. The first-order valence-electron chi connectivity index (χ1n) is 16.4. The summed E-state index contributed by atoms with van der Waals surface area (Å²) in [6.07, 6.45) is -9.12. The van der Waals surface area contributed by atoms with Crippen LogP contribution in [0.1, 0.15) is 36.1 Å². The van der Waals surface area contributed by atoms with Crippen LogP contribution in [0, 0.1) is 17.6 Å². The summed E-state index contributed by atoms with van der Waals surface area (Å²) in [6.45, 7) is 0. The van der Waals surface area contributed by atoms with Crippen molar-refractivity contribution in [3.63, 3.8) is 0 Å². The van der Waals surface area contributed by atoms with E-state index in [1.54, 1.807) is 24.3 Å². The van der Waals surface area contributed by atoms with Gasteiger partial charge in [0.1, 0.15) is 53.3 Å². The molecule has 2 fully saturated rings. The molecule has 5 N–H and O–H groups in total. The molecule has 4 aromatic rings. The first-order chi connectivity index (χ1) is 24.8. The Morgan fingerprint density at radius 3 is 2.10 bits per heavy atom. The molecule has 2 aliphatic rings. The standard InChI is InChI=1S/C37H37F2NO11S/c1-49-37-35(45)34(44)33(43)31(50-37)19-52(47,48)51-30-18-22(20-4-13-26(41)14-5-20)6-15-27(30)32-28(16-17-29(42)21-2-7-23(38)8-3-21)36(46)40(32)25-11-9-24(39)10-12-25/h2-15,18,28-29,31-35,37,41-45H,16-17,19H2,1H3/t28-,29+,31?,32-,33+,34-,35+,37-/m1/s1. The molecule has 0 saturated carbocycles. The zero-order chi connectivity index (χ0) is 37.3. The van der Waals surface area contributed by atoms with Crippen LogP contribution in [-0.2, 0) is 24.4 Å². The number of phenolic OH excluding ortho intramolecular Hbond substituents is 1. The maximum Gasteiger partial charge on any atom is 0.311 e. The van der Waals surface area contributed by atoms with Crippen molar-refractivity contribution in [1.82, 2.24) is 0 Å². The van der Waals surface area contributed by atoms with E-state index in [1.807, 2.05) is 0 Å². The van der Waals surface area contributed by atoms with Crippen molar-refractivity contribution in [2.45, 2.75) is 55.7 Å². The number of nitrogens with zero attached hydrogens (tertiary/aromatic N) is 1. The number of amides is 1. The lowest BCUT2D eigenvalue weighted by atomic mass is 9.77. The third-order valence-electron chi connectivity index (χ3n) is 9.34. The second-order valence-corrected chi connectivity index (χ2v) is 14.4. The lowest BCUT2D eigenvalue weighted by molar-refractivity contribution is -0.285. The maximum absolute atomic E-state index is 13.9. The van der Waals surface area contributed by atoms with Crippen LogP contribution in [0.25, 0.3) is 11.1 Å². The number of anilines is 1. The number of hydrogen-bond acceptors (Lipinski definition) is 11. The average Bonchev–Trinajstić information content (AvgIpc) is 3.12. The lowest BCUT2D eigenvalue weighted by Gasteiger charge is -2.48. The molecule has 2 heterocycles. The van der Waals surface area contributed by atoms with Gasteiger partial charge in [-0.2, -0.15) is 8.42 Å². The van der Waals surface area contributed by atoms with E-state index in [2.05, 4.69) is 0 Å². The Balaban J connectivity index is 1.37. The van der Waals surface area contributed by atoms with E-state index in [-0.39, 0.29) is 35.8 Å². The first-order valence-corrected chi connectivity index (χ1v) is 17.9. The third-order valence-corrected chi connectivity index (χ3v) is 10.5. The summed E-state index contributed by atoms with van der Waals surface area (Å²) in [6, 6.07) is 20.3. The Bertz CT molecular complexity index is 1980. The van der Waals surface area contributed by atoms with Crippen LogP contribution >= 0.6 is 0 Å². The van der Waals surface area contributed by atoms with E-state index >= 15 is 0 Å². The van der Waals surface area contributed by atoms with Crippen LogP contribution in [0.3, 0.4) is 0 Å². The van der Waals surface area contributed by atoms with E-state index in [0.29, 0.717) is 22.4 Å². The van der Waals surface area contributed by atoms with Crippen LogP contribution in [0.2, 0.25) is 0 Å². The van der Waals surface area contributed by atoms with Crippen molar-refractivity contribution in [2.24, 2.45) is 5.92 Å². The molecule has 6 rings (SSSR count). The van der Waals surface area contributed by atoms with Gasteiger partial charge in [-0.05, 0) is 84.1 Å². The molecular weight excluding hydrogens is 704 g/mol. The summed E-state index contributed by atoms with van der Waals surface area (Å²) >= 11 is 0. The normalized spacial score (nSPS) is 25.4. The summed E-state index contributed by atoms with van der Waals surface area (Å²) in [5.74, 6) is -3.38. The fourth-order valence-electron chi connectivity index (χ4n) is 6.57. The number of phenols is 1. The molecule has 276 valence electrons. The molecule has 2 saturated heterocycles. The zero-order valence-corrected chi connectivity index (χ0v) is 28.5. The number of hydrogen-bond donors (Lipinski definition) is 5. The van der Waals surface area contributed by atoms with Gasteiger partial charge in [0, 0.05) is 18.4 Å². The van der Waals surface area contributed by atoms with Gasteiger partial charge in [-0.15, -0.1) is 0 Å². The summed E-state index contributed by atoms with van der Waals surface area (Å²) in [5, 5.41) is 51.7. The van der Waals surface area contributed by atoms with Crippen LogP contribution in [0.4, 0.5) is 14.5 Å². The smallest absolute Gasteiger partial charge is 0.311 e. The van der Waals surface area contributed by atoms with Crippen molar-refractivity contribution in [3.8, 4) is 22.6 Å². The second kappa shape index (κ2) is 15.2. The predicted molar refractivity (Wildman–Crippen MR) is 182 cm³/mol. The molecule has 8 atom stereocenters. The van der Waals surface area contributed by atoms with Gasteiger partial charge < -0.3 is 44.1 Å². The predicted octanol–water partition coefficient (Wildman–Crippen LogP) is 3.72. The molecular formula is C37H37F2NO11S. The van der Waals surface area contributed by atoms with Crippen LogP contribution in [0.15, 0.2) is 91.0 Å². The Labute approximate surface area is 298 Å². The highest BCUT2D eigenvalue weighted by atomic mass is 32.2.